The highest BCUT2D eigenvalue weighted by atomic mass is 16.4. The molecule has 1 aromatic heterocycles. The summed E-state index contributed by atoms with van der Waals surface area (Å²) in [5.41, 5.74) is 1.16. The van der Waals surface area contributed by atoms with Gasteiger partial charge in [-0.3, -0.25) is 10.1 Å². The number of nitrogens with one attached hydrogen (secondary N) is 1. The molecule has 1 heterocycles. The van der Waals surface area contributed by atoms with Gasteiger partial charge in [-0.05, 0) is 38.3 Å². The van der Waals surface area contributed by atoms with E-state index in [1.807, 2.05) is 31.2 Å². The van der Waals surface area contributed by atoms with Crippen LogP contribution in [0.15, 0.2) is 28.7 Å². The number of hydrogen-bond donors (Lipinski definition) is 2. The van der Waals surface area contributed by atoms with Crippen molar-refractivity contribution in [2.75, 3.05) is 0 Å². The van der Waals surface area contributed by atoms with Crippen LogP contribution in [0.2, 0.25) is 0 Å². The molecule has 110 valence electrons. The highest BCUT2D eigenvalue weighted by Gasteiger charge is 2.44. The fourth-order valence-electron chi connectivity index (χ4n) is 2.46. The van der Waals surface area contributed by atoms with Crippen LogP contribution >= 0.6 is 0 Å². The molecule has 1 aliphatic rings. The average molecular weight is 287 g/mol. The molecule has 0 spiro atoms. The molecule has 1 aromatic carbocycles. The molecule has 6 heteroatoms. The van der Waals surface area contributed by atoms with Crippen molar-refractivity contribution in [2.45, 2.75) is 38.3 Å². The van der Waals surface area contributed by atoms with Crippen molar-refractivity contribution in [3.8, 4) is 11.5 Å². The number of benzene rings is 1. The third-order valence-corrected chi connectivity index (χ3v) is 3.93. The predicted molar refractivity (Wildman–Crippen MR) is 75.5 cm³/mol. The first-order chi connectivity index (χ1) is 10.1. The van der Waals surface area contributed by atoms with Crippen LogP contribution in [0, 0.1) is 6.92 Å². The van der Waals surface area contributed by atoms with E-state index in [1.165, 1.54) is 0 Å². The van der Waals surface area contributed by atoms with E-state index in [0.717, 1.165) is 17.5 Å². The topological polar surface area (TPSA) is 88.2 Å². The number of carboxylic acid groups (broad SMARTS) is 1. The lowest BCUT2D eigenvalue weighted by molar-refractivity contribution is -0.149. The van der Waals surface area contributed by atoms with Gasteiger partial charge in [0.2, 0.25) is 11.8 Å². The normalized spacial score (nSPS) is 16.4. The van der Waals surface area contributed by atoms with Gasteiger partial charge < -0.3 is 9.52 Å². The van der Waals surface area contributed by atoms with Crippen LogP contribution in [-0.2, 0) is 11.3 Å². The quantitative estimate of drug-likeness (QED) is 0.876. The van der Waals surface area contributed by atoms with E-state index in [9.17, 15) is 9.90 Å². The van der Waals surface area contributed by atoms with Gasteiger partial charge in [-0.25, -0.2) is 0 Å². The molecule has 1 fully saturated rings. The minimum absolute atomic E-state index is 0.269. The minimum Gasteiger partial charge on any atom is -0.480 e. The lowest BCUT2D eigenvalue weighted by Crippen LogP contribution is -2.56. The maximum absolute atomic E-state index is 11.3. The third-order valence-electron chi connectivity index (χ3n) is 3.93. The van der Waals surface area contributed by atoms with E-state index in [0.29, 0.717) is 24.6 Å². The number of hydrogen-bond acceptors (Lipinski definition) is 5. The van der Waals surface area contributed by atoms with Gasteiger partial charge >= 0.3 is 5.97 Å². The zero-order valence-corrected chi connectivity index (χ0v) is 11.8. The zero-order chi connectivity index (χ0) is 14.9. The van der Waals surface area contributed by atoms with Crippen molar-refractivity contribution in [1.82, 2.24) is 15.5 Å². The van der Waals surface area contributed by atoms with Crippen LogP contribution in [0.1, 0.15) is 30.7 Å². The van der Waals surface area contributed by atoms with Gasteiger partial charge in [0, 0.05) is 5.56 Å². The first-order valence-corrected chi connectivity index (χ1v) is 6.97. The Balaban J connectivity index is 1.70. The number of aryl methyl sites for hydroxylation is 1. The Bertz CT molecular complexity index is 662. The summed E-state index contributed by atoms with van der Waals surface area (Å²) in [6.45, 7) is 2.26. The standard InChI is InChI=1S/C15H17N3O3/c1-10-4-2-5-11(8-10)13-18-17-12(21-13)9-16-15(14(19)20)6-3-7-15/h2,4-5,8,16H,3,6-7,9H2,1H3,(H,19,20). The summed E-state index contributed by atoms with van der Waals surface area (Å²) in [7, 11) is 0. The summed E-state index contributed by atoms with van der Waals surface area (Å²) in [5.74, 6) is 0.0414. The van der Waals surface area contributed by atoms with E-state index >= 15 is 0 Å². The number of carboxylic acids is 1. The van der Waals surface area contributed by atoms with Gasteiger partial charge in [-0.15, -0.1) is 10.2 Å². The van der Waals surface area contributed by atoms with Crippen molar-refractivity contribution in [3.63, 3.8) is 0 Å². The zero-order valence-electron chi connectivity index (χ0n) is 11.8. The summed E-state index contributed by atoms with van der Waals surface area (Å²) in [6.07, 6.45) is 2.21. The molecule has 2 aromatic rings. The number of rotatable bonds is 5. The average Bonchev–Trinajstić information content (AvgIpc) is 2.86. The molecule has 1 saturated carbocycles. The fourth-order valence-corrected chi connectivity index (χ4v) is 2.46. The number of aromatic nitrogens is 2. The van der Waals surface area contributed by atoms with Crippen molar-refractivity contribution < 1.29 is 14.3 Å². The van der Waals surface area contributed by atoms with Gasteiger partial charge in [0.05, 0.1) is 6.54 Å². The molecule has 6 nitrogen and oxygen atoms in total. The molecule has 0 amide bonds. The Morgan fingerprint density at radius 3 is 2.86 bits per heavy atom. The van der Waals surface area contributed by atoms with Crippen molar-refractivity contribution in [3.05, 3.63) is 35.7 Å². The van der Waals surface area contributed by atoms with Crippen LogP contribution in [-0.4, -0.2) is 26.8 Å². The summed E-state index contributed by atoms with van der Waals surface area (Å²) in [5, 5.41) is 20.3. The van der Waals surface area contributed by atoms with Gasteiger partial charge in [0.15, 0.2) is 0 Å². The summed E-state index contributed by atoms with van der Waals surface area (Å²) >= 11 is 0. The highest BCUT2D eigenvalue weighted by Crippen LogP contribution is 2.32. The Morgan fingerprint density at radius 2 is 2.24 bits per heavy atom. The second-order valence-electron chi connectivity index (χ2n) is 5.46. The SMILES string of the molecule is Cc1cccc(-c2nnc(CNC3(C(=O)O)CCC3)o2)c1. The predicted octanol–water partition coefficient (Wildman–Crippen LogP) is 2.14. The van der Waals surface area contributed by atoms with Gasteiger partial charge in [0.1, 0.15) is 5.54 Å². The second-order valence-corrected chi connectivity index (χ2v) is 5.46. The van der Waals surface area contributed by atoms with Crippen molar-refractivity contribution >= 4 is 5.97 Å². The Labute approximate surface area is 122 Å². The molecule has 21 heavy (non-hydrogen) atoms. The molecular formula is C15H17N3O3. The molecule has 1 aliphatic carbocycles. The molecule has 0 aliphatic heterocycles. The molecule has 0 saturated heterocycles. The minimum atomic E-state index is -0.821. The van der Waals surface area contributed by atoms with Crippen LogP contribution in [0.5, 0.6) is 0 Å². The molecule has 2 N–H and O–H groups in total. The Morgan fingerprint density at radius 1 is 1.43 bits per heavy atom. The first kappa shape index (κ1) is 13.8. The van der Waals surface area contributed by atoms with Crippen molar-refractivity contribution in [2.24, 2.45) is 0 Å². The molecule has 0 atom stereocenters. The van der Waals surface area contributed by atoms with Crippen LogP contribution in [0.4, 0.5) is 0 Å². The molecular weight excluding hydrogens is 270 g/mol. The van der Waals surface area contributed by atoms with Crippen LogP contribution < -0.4 is 5.32 Å². The third kappa shape index (κ3) is 2.67. The van der Waals surface area contributed by atoms with Gasteiger partial charge in [0.25, 0.3) is 0 Å². The smallest absolute Gasteiger partial charge is 0.323 e. The highest BCUT2D eigenvalue weighted by molar-refractivity contribution is 5.79. The summed E-state index contributed by atoms with van der Waals surface area (Å²) < 4.78 is 5.59. The molecule has 3 rings (SSSR count). The summed E-state index contributed by atoms with van der Waals surface area (Å²) in [6, 6.07) is 7.80. The maximum Gasteiger partial charge on any atom is 0.323 e. The fraction of sp³-hybridized carbons (Fsp3) is 0.400. The number of carbonyl (C=O) groups is 1. The van der Waals surface area contributed by atoms with Crippen molar-refractivity contribution in [1.29, 1.82) is 0 Å². The first-order valence-electron chi connectivity index (χ1n) is 6.97. The van der Waals surface area contributed by atoms with Gasteiger partial charge in [-0.2, -0.15) is 0 Å². The Hall–Kier alpha value is -2.21. The van der Waals surface area contributed by atoms with Crippen LogP contribution in [0.3, 0.4) is 0 Å². The molecule has 0 bridgehead atoms. The number of aliphatic carboxylic acids is 1. The largest absolute Gasteiger partial charge is 0.480 e. The van der Waals surface area contributed by atoms with Gasteiger partial charge in [-0.1, -0.05) is 17.7 Å². The van der Waals surface area contributed by atoms with E-state index in [1.54, 1.807) is 0 Å². The monoisotopic (exact) mass is 287 g/mol. The lowest BCUT2D eigenvalue weighted by atomic mass is 9.77. The molecule has 0 unspecified atom stereocenters. The lowest BCUT2D eigenvalue weighted by Gasteiger charge is -2.38. The van der Waals surface area contributed by atoms with E-state index in [2.05, 4.69) is 15.5 Å². The Kier molecular flexibility index (Phi) is 3.47. The van der Waals surface area contributed by atoms with E-state index in [-0.39, 0.29) is 6.54 Å². The summed E-state index contributed by atoms with van der Waals surface area (Å²) in [4.78, 5) is 11.3. The van der Waals surface area contributed by atoms with E-state index < -0.39 is 11.5 Å². The van der Waals surface area contributed by atoms with Crippen LogP contribution in [0.25, 0.3) is 11.5 Å². The maximum atomic E-state index is 11.3. The molecule has 0 radical (unpaired) electrons. The van der Waals surface area contributed by atoms with E-state index in [4.69, 9.17) is 4.42 Å². The second kappa shape index (κ2) is 5.29. The number of nitrogens with zero attached hydrogens (tertiary/aromatic N) is 2.